The third-order valence-corrected chi connectivity index (χ3v) is 3.44. The van der Waals surface area contributed by atoms with Crippen LogP contribution in [0.3, 0.4) is 0 Å². The summed E-state index contributed by atoms with van der Waals surface area (Å²) in [4.78, 5) is 0. The Morgan fingerprint density at radius 1 is 1.60 bits per heavy atom. The third kappa shape index (κ3) is 0.523. The average Bonchev–Trinajstić information content (AvgIpc) is 2.65. The van der Waals surface area contributed by atoms with E-state index in [1.54, 1.807) is 0 Å². The second-order valence-corrected chi connectivity index (χ2v) is 3.99. The monoisotopic (exact) mass is 137 g/mol. The number of hydrogen-bond acceptors (Lipinski definition) is 1. The molecule has 0 aromatic rings. The van der Waals surface area contributed by atoms with E-state index in [4.69, 9.17) is 5.73 Å². The van der Waals surface area contributed by atoms with Crippen molar-refractivity contribution in [2.75, 3.05) is 0 Å². The zero-order chi connectivity index (χ0) is 7.35. The summed E-state index contributed by atoms with van der Waals surface area (Å²) in [6.07, 6.45) is 4.72. The molecule has 2 aliphatic rings. The van der Waals surface area contributed by atoms with Crippen molar-refractivity contribution >= 4 is 0 Å². The molecular weight excluding hydrogens is 122 g/mol. The molecule has 0 saturated heterocycles. The van der Waals surface area contributed by atoms with Crippen LogP contribution in [0.1, 0.15) is 19.8 Å². The largest absolute Gasteiger partial charge is 0.327 e. The van der Waals surface area contributed by atoms with Gasteiger partial charge in [-0.2, -0.15) is 0 Å². The minimum absolute atomic E-state index is 0.468. The molecule has 2 fully saturated rings. The fourth-order valence-corrected chi connectivity index (χ4v) is 2.56. The second kappa shape index (κ2) is 1.65. The summed E-state index contributed by atoms with van der Waals surface area (Å²) in [6.45, 7) is 6.05. The summed E-state index contributed by atoms with van der Waals surface area (Å²) in [6, 6.07) is 0.468. The lowest BCUT2D eigenvalue weighted by Gasteiger charge is -2.42. The minimum atomic E-state index is 0.468. The molecule has 0 aliphatic heterocycles. The lowest BCUT2D eigenvalue weighted by atomic mass is 9.67. The van der Waals surface area contributed by atoms with Crippen LogP contribution in [0.4, 0.5) is 0 Å². The Morgan fingerprint density at radius 2 is 2.30 bits per heavy atom. The van der Waals surface area contributed by atoms with Crippen molar-refractivity contribution in [2.24, 2.45) is 23.0 Å². The van der Waals surface area contributed by atoms with E-state index in [0.717, 1.165) is 11.8 Å². The molecule has 2 saturated carbocycles. The van der Waals surface area contributed by atoms with Gasteiger partial charge in [0.2, 0.25) is 0 Å². The third-order valence-electron chi connectivity index (χ3n) is 3.44. The Balaban J connectivity index is 2.04. The van der Waals surface area contributed by atoms with Gasteiger partial charge in [-0.1, -0.05) is 13.0 Å². The van der Waals surface area contributed by atoms with Crippen LogP contribution in [-0.2, 0) is 0 Å². The van der Waals surface area contributed by atoms with E-state index in [0.29, 0.717) is 11.5 Å². The van der Waals surface area contributed by atoms with Gasteiger partial charge in [0.25, 0.3) is 0 Å². The normalized spacial score (nSPS) is 58.0. The maximum atomic E-state index is 5.98. The zero-order valence-electron chi connectivity index (χ0n) is 6.51. The van der Waals surface area contributed by atoms with Crippen molar-refractivity contribution in [1.82, 2.24) is 0 Å². The zero-order valence-corrected chi connectivity index (χ0v) is 6.51. The summed E-state index contributed by atoms with van der Waals surface area (Å²) in [5, 5.41) is 0. The van der Waals surface area contributed by atoms with Crippen molar-refractivity contribution < 1.29 is 0 Å². The van der Waals surface area contributed by atoms with E-state index < -0.39 is 0 Å². The Hall–Kier alpha value is -0.300. The maximum Gasteiger partial charge on any atom is 0.0128 e. The predicted molar refractivity (Wildman–Crippen MR) is 42.5 cm³/mol. The van der Waals surface area contributed by atoms with Crippen LogP contribution >= 0.6 is 0 Å². The quantitative estimate of drug-likeness (QED) is 0.545. The molecule has 1 heteroatoms. The first kappa shape index (κ1) is 6.41. The highest BCUT2D eigenvalue weighted by atomic mass is 14.8. The van der Waals surface area contributed by atoms with Crippen molar-refractivity contribution in [3.63, 3.8) is 0 Å². The molecule has 0 heterocycles. The maximum absolute atomic E-state index is 5.98. The van der Waals surface area contributed by atoms with E-state index in [2.05, 4.69) is 19.6 Å². The Bertz CT molecular complexity index is 176. The van der Waals surface area contributed by atoms with Crippen LogP contribution in [0.25, 0.3) is 0 Å². The van der Waals surface area contributed by atoms with Crippen molar-refractivity contribution in [2.45, 2.75) is 25.8 Å². The Labute approximate surface area is 62.3 Å². The van der Waals surface area contributed by atoms with Crippen molar-refractivity contribution in [1.29, 1.82) is 0 Å². The van der Waals surface area contributed by atoms with Crippen molar-refractivity contribution in [3.8, 4) is 0 Å². The fraction of sp³-hybridized carbons (Fsp3) is 0.778. The SMILES string of the molecule is C=CC1CC12CC(C)C2N. The van der Waals surface area contributed by atoms with Gasteiger partial charge in [0.1, 0.15) is 0 Å². The van der Waals surface area contributed by atoms with Crippen LogP contribution in [-0.4, -0.2) is 6.04 Å². The first-order valence-corrected chi connectivity index (χ1v) is 4.09. The average molecular weight is 137 g/mol. The van der Waals surface area contributed by atoms with Gasteiger partial charge in [0.15, 0.2) is 0 Å². The summed E-state index contributed by atoms with van der Waals surface area (Å²) >= 11 is 0. The van der Waals surface area contributed by atoms with E-state index in [1.165, 1.54) is 12.8 Å². The highest BCUT2D eigenvalue weighted by Crippen LogP contribution is 2.66. The second-order valence-electron chi connectivity index (χ2n) is 3.99. The topological polar surface area (TPSA) is 26.0 Å². The molecule has 1 spiro atoms. The van der Waals surface area contributed by atoms with Gasteiger partial charge in [0.05, 0.1) is 0 Å². The van der Waals surface area contributed by atoms with E-state index in [9.17, 15) is 0 Å². The van der Waals surface area contributed by atoms with Gasteiger partial charge >= 0.3 is 0 Å². The molecule has 2 N–H and O–H groups in total. The van der Waals surface area contributed by atoms with Gasteiger partial charge in [0, 0.05) is 6.04 Å². The molecule has 0 amide bonds. The highest BCUT2D eigenvalue weighted by molar-refractivity contribution is 5.21. The number of allylic oxidation sites excluding steroid dienone is 1. The predicted octanol–water partition coefficient (Wildman–Crippen LogP) is 1.55. The van der Waals surface area contributed by atoms with Crippen LogP contribution in [0, 0.1) is 17.3 Å². The van der Waals surface area contributed by atoms with Gasteiger partial charge in [-0.25, -0.2) is 0 Å². The minimum Gasteiger partial charge on any atom is -0.327 e. The molecule has 0 aromatic heterocycles. The molecular formula is C9H15N. The summed E-state index contributed by atoms with van der Waals surface area (Å²) in [5.74, 6) is 1.50. The molecule has 4 unspecified atom stereocenters. The molecule has 56 valence electrons. The summed E-state index contributed by atoms with van der Waals surface area (Å²) in [5.41, 5.74) is 6.51. The van der Waals surface area contributed by atoms with Gasteiger partial charge in [-0.15, -0.1) is 6.58 Å². The molecule has 4 atom stereocenters. The lowest BCUT2D eigenvalue weighted by Crippen LogP contribution is -2.49. The number of nitrogens with two attached hydrogens (primary N) is 1. The summed E-state index contributed by atoms with van der Waals surface area (Å²) < 4.78 is 0. The number of rotatable bonds is 1. The Kier molecular flexibility index (Phi) is 1.06. The van der Waals surface area contributed by atoms with E-state index in [-0.39, 0.29) is 0 Å². The first-order chi connectivity index (χ1) is 4.70. The van der Waals surface area contributed by atoms with Crippen LogP contribution in [0.5, 0.6) is 0 Å². The van der Waals surface area contributed by atoms with Crippen LogP contribution in [0.2, 0.25) is 0 Å². The standard InChI is InChI=1S/C9H15N/c1-3-7-5-9(7)4-6(2)8(9)10/h3,6-8H,1,4-5,10H2,2H3. The molecule has 10 heavy (non-hydrogen) atoms. The van der Waals surface area contributed by atoms with E-state index in [1.807, 2.05) is 0 Å². The lowest BCUT2D eigenvalue weighted by molar-refractivity contribution is 0.126. The molecule has 1 nitrogen and oxygen atoms in total. The summed E-state index contributed by atoms with van der Waals surface area (Å²) in [7, 11) is 0. The van der Waals surface area contributed by atoms with Gasteiger partial charge in [-0.05, 0) is 30.1 Å². The van der Waals surface area contributed by atoms with Gasteiger partial charge in [-0.3, -0.25) is 0 Å². The highest BCUT2D eigenvalue weighted by Gasteiger charge is 2.64. The molecule has 0 radical (unpaired) electrons. The molecule has 0 aromatic carbocycles. The number of hydrogen-bond donors (Lipinski definition) is 1. The first-order valence-electron chi connectivity index (χ1n) is 4.09. The van der Waals surface area contributed by atoms with E-state index >= 15 is 0 Å². The van der Waals surface area contributed by atoms with Crippen molar-refractivity contribution in [3.05, 3.63) is 12.7 Å². The van der Waals surface area contributed by atoms with Gasteiger partial charge < -0.3 is 5.73 Å². The molecule has 2 aliphatic carbocycles. The molecule has 2 rings (SSSR count). The fourth-order valence-electron chi connectivity index (χ4n) is 2.56. The van der Waals surface area contributed by atoms with Crippen LogP contribution in [0.15, 0.2) is 12.7 Å². The molecule has 0 bridgehead atoms. The van der Waals surface area contributed by atoms with Crippen LogP contribution < -0.4 is 5.73 Å². The Morgan fingerprint density at radius 3 is 2.60 bits per heavy atom. The smallest absolute Gasteiger partial charge is 0.0128 e.